The standard InChI is InChI=1S/C28H50O/c1-6-7-11-24(29)19-22-12-13-25-23(18-22)16-17-28(5)26(14-15-27(25)28)21(4)10-8-9-20(2)3/h12,20-21,23-27,29H,6-11,13-19H2,1-5H3/t21-,23?,24+,25?,26-,27?,28-/m1/s1. The number of fused-ring (bicyclic) bond motifs is 3. The molecule has 0 aromatic rings. The summed E-state index contributed by atoms with van der Waals surface area (Å²) >= 11 is 0. The van der Waals surface area contributed by atoms with Crippen molar-refractivity contribution >= 4 is 0 Å². The van der Waals surface area contributed by atoms with Gasteiger partial charge in [0.05, 0.1) is 6.10 Å². The van der Waals surface area contributed by atoms with Crippen molar-refractivity contribution in [1.29, 1.82) is 0 Å². The van der Waals surface area contributed by atoms with Crippen LogP contribution in [0.5, 0.6) is 0 Å². The molecule has 0 bridgehead atoms. The lowest BCUT2D eigenvalue weighted by Crippen LogP contribution is -2.43. The van der Waals surface area contributed by atoms with Crippen LogP contribution in [0.15, 0.2) is 11.6 Å². The van der Waals surface area contributed by atoms with Crippen molar-refractivity contribution in [2.45, 2.75) is 124 Å². The van der Waals surface area contributed by atoms with E-state index in [9.17, 15) is 5.11 Å². The van der Waals surface area contributed by atoms with Crippen LogP contribution in [-0.2, 0) is 0 Å². The molecule has 0 radical (unpaired) electrons. The van der Waals surface area contributed by atoms with E-state index in [1.807, 2.05) is 0 Å². The van der Waals surface area contributed by atoms with E-state index in [1.54, 1.807) is 5.57 Å². The van der Waals surface area contributed by atoms with E-state index in [1.165, 1.54) is 64.2 Å². The second kappa shape index (κ2) is 10.3. The molecule has 1 N–H and O–H groups in total. The lowest BCUT2D eigenvalue weighted by molar-refractivity contribution is -0.00708. The lowest BCUT2D eigenvalue weighted by atomic mass is 9.54. The van der Waals surface area contributed by atoms with Gasteiger partial charge in [-0.2, -0.15) is 0 Å². The number of hydrogen-bond donors (Lipinski definition) is 1. The Morgan fingerprint density at radius 2 is 1.86 bits per heavy atom. The molecule has 7 atom stereocenters. The predicted octanol–water partition coefficient (Wildman–Crippen LogP) is 8.17. The number of rotatable bonds is 10. The van der Waals surface area contributed by atoms with Crippen LogP contribution < -0.4 is 0 Å². The van der Waals surface area contributed by atoms with Gasteiger partial charge >= 0.3 is 0 Å². The maximum Gasteiger partial charge on any atom is 0.0577 e. The third-order valence-corrected chi connectivity index (χ3v) is 9.38. The van der Waals surface area contributed by atoms with Gasteiger partial charge in [-0.1, -0.05) is 78.4 Å². The van der Waals surface area contributed by atoms with E-state index in [-0.39, 0.29) is 6.10 Å². The summed E-state index contributed by atoms with van der Waals surface area (Å²) in [6, 6.07) is 0. The molecule has 0 amide bonds. The van der Waals surface area contributed by atoms with Crippen molar-refractivity contribution < 1.29 is 5.11 Å². The molecule has 2 saturated carbocycles. The minimum absolute atomic E-state index is 0.103. The number of aliphatic hydroxyl groups is 1. The van der Waals surface area contributed by atoms with Crippen LogP contribution in [-0.4, -0.2) is 11.2 Å². The predicted molar refractivity (Wildman–Crippen MR) is 126 cm³/mol. The highest BCUT2D eigenvalue weighted by Gasteiger charge is 2.54. The van der Waals surface area contributed by atoms with Gasteiger partial charge in [-0.25, -0.2) is 0 Å². The van der Waals surface area contributed by atoms with E-state index in [0.717, 1.165) is 54.8 Å². The van der Waals surface area contributed by atoms with Gasteiger partial charge in [0, 0.05) is 0 Å². The van der Waals surface area contributed by atoms with Gasteiger partial charge < -0.3 is 5.11 Å². The fourth-order valence-electron chi connectivity index (χ4n) is 7.73. The fraction of sp³-hybridized carbons (Fsp3) is 0.929. The van der Waals surface area contributed by atoms with Gasteiger partial charge in [0.25, 0.3) is 0 Å². The zero-order valence-electron chi connectivity index (χ0n) is 20.3. The van der Waals surface area contributed by atoms with E-state index < -0.39 is 0 Å². The van der Waals surface area contributed by atoms with E-state index >= 15 is 0 Å². The van der Waals surface area contributed by atoms with Crippen LogP contribution in [0.25, 0.3) is 0 Å². The Morgan fingerprint density at radius 1 is 1.07 bits per heavy atom. The molecule has 0 aliphatic heterocycles. The van der Waals surface area contributed by atoms with E-state index in [0.29, 0.717) is 5.41 Å². The van der Waals surface area contributed by atoms with Crippen LogP contribution in [0.1, 0.15) is 118 Å². The van der Waals surface area contributed by atoms with Crippen LogP contribution in [0.4, 0.5) is 0 Å². The number of hydrogen-bond acceptors (Lipinski definition) is 1. The summed E-state index contributed by atoms with van der Waals surface area (Å²) < 4.78 is 0. The molecule has 0 heterocycles. The smallest absolute Gasteiger partial charge is 0.0577 e. The first-order valence-electron chi connectivity index (χ1n) is 13.2. The van der Waals surface area contributed by atoms with E-state index in [4.69, 9.17) is 0 Å². The first kappa shape index (κ1) is 23.4. The molecule has 168 valence electrons. The number of aliphatic hydroxyl groups excluding tert-OH is 1. The van der Waals surface area contributed by atoms with Crippen molar-refractivity contribution in [2.24, 2.45) is 40.9 Å². The van der Waals surface area contributed by atoms with Crippen molar-refractivity contribution in [3.8, 4) is 0 Å². The maximum absolute atomic E-state index is 10.4. The average molecular weight is 403 g/mol. The minimum Gasteiger partial charge on any atom is -0.393 e. The van der Waals surface area contributed by atoms with Crippen molar-refractivity contribution in [1.82, 2.24) is 0 Å². The van der Waals surface area contributed by atoms with Crippen LogP contribution in [0.2, 0.25) is 0 Å². The zero-order chi connectivity index (χ0) is 21.0. The number of allylic oxidation sites excluding steroid dienone is 1. The zero-order valence-corrected chi connectivity index (χ0v) is 20.3. The maximum atomic E-state index is 10.4. The molecule has 3 rings (SSSR count). The molecule has 0 aromatic carbocycles. The highest BCUT2D eigenvalue weighted by atomic mass is 16.3. The fourth-order valence-corrected chi connectivity index (χ4v) is 7.73. The van der Waals surface area contributed by atoms with Crippen molar-refractivity contribution in [3.05, 3.63) is 11.6 Å². The summed E-state index contributed by atoms with van der Waals surface area (Å²) in [5.74, 6) is 5.51. The summed E-state index contributed by atoms with van der Waals surface area (Å²) in [6.45, 7) is 12.2. The van der Waals surface area contributed by atoms with Crippen LogP contribution in [0.3, 0.4) is 0 Å². The Hall–Kier alpha value is -0.300. The Morgan fingerprint density at radius 3 is 2.59 bits per heavy atom. The molecule has 3 aliphatic rings. The molecular weight excluding hydrogens is 352 g/mol. The second-order valence-corrected chi connectivity index (χ2v) is 11.9. The second-order valence-electron chi connectivity index (χ2n) is 11.9. The minimum atomic E-state index is -0.103. The van der Waals surface area contributed by atoms with Gasteiger partial charge in [-0.05, 0) is 92.3 Å². The summed E-state index contributed by atoms with van der Waals surface area (Å²) in [4.78, 5) is 0. The van der Waals surface area contributed by atoms with Crippen LogP contribution >= 0.6 is 0 Å². The molecule has 1 nitrogen and oxygen atoms in total. The third kappa shape index (κ3) is 5.50. The quantitative estimate of drug-likeness (QED) is 0.365. The van der Waals surface area contributed by atoms with E-state index in [2.05, 4.69) is 40.7 Å². The highest BCUT2D eigenvalue weighted by molar-refractivity contribution is 5.14. The molecule has 2 fully saturated rings. The SMILES string of the molecule is CCCC[C@H](O)CC1=CCC2C(CC[C@@]3(C)C2CC[C@@H]3[C@H](C)CCCC(C)C)C1. The Balaban J connectivity index is 1.58. The number of unbranched alkanes of at least 4 members (excludes halogenated alkanes) is 1. The summed E-state index contributed by atoms with van der Waals surface area (Å²) in [6.07, 6.45) is 19.5. The first-order valence-corrected chi connectivity index (χ1v) is 13.2. The highest BCUT2D eigenvalue weighted by Crippen LogP contribution is 2.63. The monoisotopic (exact) mass is 402 g/mol. The molecule has 0 aromatic heterocycles. The van der Waals surface area contributed by atoms with Gasteiger partial charge in [0.1, 0.15) is 0 Å². The third-order valence-electron chi connectivity index (χ3n) is 9.38. The van der Waals surface area contributed by atoms with Crippen LogP contribution in [0, 0.1) is 40.9 Å². The molecule has 0 saturated heterocycles. The first-order chi connectivity index (χ1) is 13.8. The molecular formula is C28H50O. The topological polar surface area (TPSA) is 20.2 Å². The van der Waals surface area contributed by atoms with Gasteiger partial charge in [0.2, 0.25) is 0 Å². The molecule has 3 unspecified atom stereocenters. The Labute approximate surface area is 182 Å². The average Bonchev–Trinajstić information content (AvgIpc) is 3.03. The normalized spacial score (nSPS) is 36.4. The summed E-state index contributed by atoms with van der Waals surface area (Å²) in [5, 5.41) is 10.4. The summed E-state index contributed by atoms with van der Waals surface area (Å²) in [7, 11) is 0. The van der Waals surface area contributed by atoms with Gasteiger partial charge in [-0.3, -0.25) is 0 Å². The molecule has 1 heteroatoms. The Kier molecular flexibility index (Phi) is 8.33. The van der Waals surface area contributed by atoms with Gasteiger partial charge in [-0.15, -0.1) is 0 Å². The van der Waals surface area contributed by atoms with Gasteiger partial charge in [0.15, 0.2) is 0 Å². The largest absolute Gasteiger partial charge is 0.393 e. The Bertz CT molecular complexity index is 534. The summed E-state index contributed by atoms with van der Waals surface area (Å²) in [5.41, 5.74) is 2.18. The lowest BCUT2D eigenvalue weighted by Gasteiger charge is -2.51. The van der Waals surface area contributed by atoms with Crippen molar-refractivity contribution in [3.63, 3.8) is 0 Å². The molecule has 29 heavy (non-hydrogen) atoms. The molecule has 0 spiro atoms. The molecule has 3 aliphatic carbocycles. The van der Waals surface area contributed by atoms with Crippen molar-refractivity contribution in [2.75, 3.05) is 0 Å².